The summed E-state index contributed by atoms with van der Waals surface area (Å²) in [5, 5.41) is 0. The van der Waals surface area contributed by atoms with Crippen molar-refractivity contribution in [1.29, 1.82) is 0 Å². The van der Waals surface area contributed by atoms with E-state index in [2.05, 4.69) is 0 Å². The van der Waals surface area contributed by atoms with Gasteiger partial charge in [-0.2, -0.15) is 0 Å². The zero-order valence-electron chi connectivity index (χ0n) is 9.99. The predicted molar refractivity (Wildman–Crippen MR) is 62.2 cm³/mol. The van der Waals surface area contributed by atoms with Crippen LogP contribution in [0.3, 0.4) is 0 Å². The Morgan fingerprint density at radius 1 is 1.12 bits per heavy atom. The molecule has 3 aliphatic rings. The van der Waals surface area contributed by atoms with Gasteiger partial charge in [0, 0.05) is 13.0 Å². The van der Waals surface area contributed by atoms with Gasteiger partial charge in [0.05, 0.1) is 0 Å². The molecule has 1 saturated heterocycles. The number of carbonyl (C=O) groups excluding carboxylic acids is 1. The molecule has 0 spiro atoms. The summed E-state index contributed by atoms with van der Waals surface area (Å²) in [4.78, 5) is 12.1. The van der Waals surface area contributed by atoms with Crippen LogP contribution in [0, 0.1) is 17.8 Å². The normalized spacial score (nSPS) is 42.5. The first-order chi connectivity index (χ1) is 7.83. The zero-order chi connectivity index (χ0) is 11.0. The van der Waals surface area contributed by atoms with Gasteiger partial charge in [-0.1, -0.05) is 6.42 Å². The van der Waals surface area contributed by atoms with E-state index in [1.165, 1.54) is 32.1 Å². The second-order valence-electron chi connectivity index (χ2n) is 5.96. The number of ketones is 1. The van der Waals surface area contributed by atoms with Crippen molar-refractivity contribution < 1.29 is 9.53 Å². The maximum absolute atomic E-state index is 12.1. The standard InChI is InChI=1S/C14H22O2/c15-13(14-3-1-2-6-16-14)9-12-8-10-4-5-11(12)7-10/h10-12,14H,1-9H2. The van der Waals surface area contributed by atoms with E-state index >= 15 is 0 Å². The Morgan fingerprint density at radius 2 is 2.06 bits per heavy atom. The molecule has 0 aromatic rings. The molecular formula is C14H22O2. The topological polar surface area (TPSA) is 26.3 Å². The van der Waals surface area contributed by atoms with E-state index in [0.717, 1.165) is 37.7 Å². The van der Waals surface area contributed by atoms with Gasteiger partial charge >= 0.3 is 0 Å². The molecule has 90 valence electrons. The Hall–Kier alpha value is -0.370. The van der Waals surface area contributed by atoms with Crippen LogP contribution in [0.15, 0.2) is 0 Å². The average molecular weight is 222 g/mol. The van der Waals surface area contributed by atoms with Crippen LogP contribution in [0.4, 0.5) is 0 Å². The number of rotatable bonds is 3. The minimum atomic E-state index is -0.0483. The van der Waals surface area contributed by atoms with Gasteiger partial charge < -0.3 is 4.74 Å². The summed E-state index contributed by atoms with van der Waals surface area (Å²) in [6.45, 7) is 0.799. The van der Waals surface area contributed by atoms with E-state index in [1.807, 2.05) is 0 Å². The predicted octanol–water partition coefficient (Wildman–Crippen LogP) is 2.95. The van der Waals surface area contributed by atoms with Crippen molar-refractivity contribution in [2.75, 3.05) is 6.61 Å². The maximum atomic E-state index is 12.1. The fourth-order valence-corrected chi connectivity index (χ4v) is 4.01. The fourth-order valence-electron chi connectivity index (χ4n) is 4.01. The van der Waals surface area contributed by atoms with E-state index < -0.39 is 0 Å². The molecule has 1 aliphatic heterocycles. The van der Waals surface area contributed by atoms with Crippen molar-refractivity contribution >= 4 is 5.78 Å². The van der Waals surface area contributed by atoms with Gasteiger partial charge in [-0.05, 0) is 56.3 Å². The second-order valence-corrected chi connectivity index (χ2v) is 5.96. The van der Waals surface area contributed by atoms with Gasteiger partial charge in [0.15, 0.2) is 5.78 Å². The van der Waals surface area contributed by atoms with Crippen molar-refractivity contribution in [3.8, 4) is 0 Å². The largest absolute Gasteiger partial charge is 0.370 e. The lowest BCUT2D eigenvalue weighted by atomic mass is 9.84. The lowest BCUT2D eigenvalue weighted by Gasteiger charge is -2.25. The fraction of sp³-hybridized carbons (Fsp3) is 0.929. The van der Waals surface area contributed by atoms with Gasteiger partial charge in [-0.3, -0.25) is 4.79 Å². The molecule has 0 aromatic heterocycles. The van der Waals surface area contributed by atoms with Crippen molar-refractivity contribution in [1.82, 2.24) is 0 Å². The van der Waals surface area contributed by atoms with Gasteiger partial charge in [-0.15, -0.1) is 0 Å². The number of fused-ring (bicyclic) bond motifs is 2. The van der Waals surface area contributed by atoms with E-state index in [-0.39, 0.29) is 6.10 Å². The third-order valence-corrected chi connectivity index (χ3v) is 4.89. The summed E-state index contributed by atoms with van der Waals surface area (Å²) in [6.07, 6.45) is 9.58. The SMILES string of the molecule is O=C(CC1CC2CCC1C2)C1CCCCO1. The molecule has 2 aliphatic carbocycles. The summed E-state index contributed by atoms with van der Waals surface area (Å²) < 4.78 is 5.58. The van der Waals surface area contributed by atoms with Crippen molar-refractivity contribution in [2.45, 2.75) is 57.5 Å². The summed E-state index contributed by atoms with van der Waals surface area (Å²) in [6, 6.07) is 0. The van der Waals surface area contributed by atoms with Crippen LogP contribution in [-0.2, 0) is 9.53 Å². The third kappa shape index (κ3) is 2.04. The molecule has 4 unspecified atom stereocenters. The molecule has 2 heteroatoms. The zero-order valence-corrected chi connectivity index (χ0v) is 9.99. The van der Waals surface area contributed by atoms with Crippen molar-refractivity contribution in [3.05, 3.63) is 0 Å². The summed E-state index contributed by atoms with van der Waals surface area (Å²) >= 11 is 0. The quantitative estimate of drug-likeness (QED) is 0.734. The van der Waals surface area contributed by atoms with Crippen LogP contribution >= 0.6 is 0 Å². The van der Waals surface area contributed by atoms with Crippen LogP contribution in [0.2, 0.25) is 0 Å². The van der Waals surface area contributed by atoms with E-state index in [4.69, 9.17) is 4.74 Å². The molecule has 3 rings (SSSR count). The molecule has 2 bridgehead atoms. The van der Waals surface area contributed by atoms with Gasteiger partial charge in [0.2, 0.25) is 0 Å². The highest BCUT2D eigenvalue weighted by atomic mass is 16.5. The van der Waals surface area contributed by atoms with Gasteiger partial charge in [-0.25, -0.2) is 0 Å². The average Bonchev–Trinajstić information content (AvgIpc) is 2.92. The minimum Gasteiger partial charge on any atom is -0.370 e. The summed E-state index contributed by atoms with van der Waals surface area (Å²) in [7, 11) is 0. The summed E-state index contributed by atoms with van der Waals surface area (Å²) in [5.74, 6) is 2.93. The van der Waals surface area contributed by atoms with E-state index in [0.29, 0.717) is 11.7 Å². The van der Waals surface area contributed by atoms with Gasteiger partial charge in [0.25, 0.3) is 0 Å². The van der Waals surface area contributed by atoms with Crippen LogP contribution in [0.25, 0.3) is 0 Å². The molecule has 0 aromatic carbocycles. The Labute approximate surface area is 97.7 Å². The monoisotopic (exact) mass is 222 g/mol. The molecular weight excluding hydrogens is 200 g/mol. The Bertz CT molecular complexity index is 268. The lowest BCUT2D eigenvalue weighted by molar-refractivity contribution is -0.134. The van der Waals surface area contributed by atoms with Crippen LogP contribution in [0.5, 0.6) is 0 Å². The number of hydrogen-bond donors (Lipinski definition) is 0. The third-order valence-electron chi connectivity index (χ3n) is 4.89. The Morgan fingerprint density at radius 3 is 2.69 bits per heavy atom. The lowest BCUT2D eigenvalue weighted by Crippen LogP contribution is -2.30. The van der Waals surface area contributed by atoms with Crippen LogP contribution in [0.1, 0.15) is 51.4 Å². The molecule has 0 amide bonds. The first kappa shape index (κ1) is 10.8. The first-order valence-corrected chi connectivity index (χ1v) is 6.97. The van der Waals surface area contributed by atoms with Crippen molar-refractivity contribution in [3.63, 3.8) is 0 Å². The van der Waals surface area contributed by atoms with E-state index in [9.17, 15) is 4.79 Å². The first-order valence-electron chi connectivity index (χ1n) is 6.97. The molecule has 0 N–H and O–H groups in total. The molecule has 4 atom stereocenters. The van der Waals surface area contributed by atoms with E-state index in [1.54, 1.807) is 0 Å². The molecule has 0 radical (unpaired) electrons. The minimum absolute atomic E-state index is 0.0483. The smallest absolute Gasteiger partial charge is 0.161 e. The highest BCUT2D eigenvalue weighted by Gasteiger charge is 2.40. The Kier molecular flexibility index (Phi) is 3.01. The van der Waals surface area contributed by atoms with Crippen LogP contribution < -0.4 is 0 Å². The van der Waals surface area contributed by atoms with Crippen LogP contribution in [-0.4, -0.2) is 18.5 Å². The van der Waals surface area contributed by atoms with Gasteiger partial charge in [0.1, 0.15) is 6.10 Å². The molecule has 3 fully saturated rings. The number of Topliss-reactive ketones (excluding diaryl/α,β-unsaturated/α-hetero) is 1. The molecule has 2 saturated carbocycles. The molecule has 1 heterocycles. The molecule has 16 heavy (non-hydrogen) atoms. The Balaban J connectivity index is 1.52. The second kappa shape index (κ2) is 4.48. The number of hydrogen-bond acceptors (Lipinski definition) is 2. The maximum Gasteiger partial charge on any atom is 0.161 e. The number of ether oxygens (including phenoxy) is 1. The highest BCUT2D eigenvalue weighted by molar-refractivity contribution is 5.83. The van der Waals surface area contributed by atoms with Crippen molar-refractivity contribution in [2.24, 2.45) is 17.8 Å². The number of carbonyl (C=O) groups is 1. The summed E-state index contributed by atoms with van der Waals surface area (Å²) in [5.41, 5.74) is 0. The molecule has 2 nitrogen and oxygen atoms in total. The highest BCUT2D eigenvalue weighted by Crippen LogP contribution is 2.49.